The molecule has 0 bridgehead atoms. The number of rotatable bonds is 12. The maximum absolute atomic E-state index is 14.5. The molecule has 0 saturated heterocycles. The van der Waals surface area contributed by atoms with Crippen molar-refractivity contribution in [1.29, 1.82) is 0 Å². The Morgan fingerprint density at radius 1 is 0.891 bits per heavy atom. The van der Waals surface area contributed by atoms with Crippen LogP contribution < -0.4 is 9.62 Å². The van der Waals surface area contributed by atoms with E-state index in [1.165, 1.54) is 29.2 Å². The van der Waals surface area contributed by atoms with Gasteiger partial charge in [-0.25, -0.2) is 12.8 Å². The lowest BCUT2D eigenvalue weighted by Gasteiger charge is -2.34. The maximum Gasteiger partial charge on any atom is 0.264 e. The van der Waals surface area contributed by atoms with Gasteiger partial charge in [-0.3, -0.25) is 13.9 Å². The molecule has 2 amide bonds. The molecule has 7 nitrogen and oxygen atoms in total. The first-order valence-corrected chi connectivity index (χ1v) is 17.1. The summed E-state index contributed by atoms with van der Waals surface area (Å²) in [5.74, 6) is -1.44. The summed E-state index contributed by atoms with van der Waals surface area (Å²) in [4.78, 5) is 30.0. The van der Waals surface area contributed by atoms with E-state index in [0.717, 1.165) is 53.2 Å². The lowest BCUT2D eigenvalue weighted by Crippen LogP contribution is -2.54. The molecule has 1 saturated carbocycles. The van der Waals surface area contributed by atoms with Crippen molar-refractivity contribution < 1.29 is 22.4 Å². The van der Waals surface area contributed by atoms with Crippen molar-refractivity contribution in [3.8, 4) is 0 Å². The molecule has 1 atom stereocenters. The molecule has 1 aliphatic rings. The van der Waals surface area contributed by atoms with Crippen LogP contribution in [0.4, 0.5) is 10.1 Å². The van der Waals surface area contributed by atoms with Gasteiger partial charge < -0.3 is 10.2 Å². The Bertz CT molecular complexity index is 1750. The fourth-order valence-electron chi connectivity index (χ4n) is 5.73. The molecule has 0 spiro atoms. The average molecular weight is 662 g/mol. The monoisotopic (exact) mass is 661 g/mol. The third-order valence-corrected chi connectivity index (χ3v) is 10.2. The molecule has 1 unspecified atom stereocenters. The summed E-state index contributed by atoms with van der Waals surface area (Å²) >= 11 is 6.31. The predicted octanol–water partition coefficient (Wildman–Crippen LogP) is 6.68. The fraction of sp³-hybridized carbons (Fsp3) is 0.278. The number of hydrogen-bond acceptors (Lipinski definition) is 4. The van der Waals surface area contributed by atoms with Crippen molar-refractivity contribution >= 4 is 39.1 Å². The first-order chi connectivity index (χ1) is 22.1. The van der Waals surface area contributed by atoms with Crippen LogP contribution in [0.3, 0.4) is 0 Å². The number of sulfonamides is 1. The highest BCUT2D eigenvalue weighted by atomic mass is 35.5. The highest BCUT2D eigenvalue weighted by Gasteiger charge is 2.35. The fourth-order valence-corrected chi connectivity index (χ4v) is 7.35. The molecule has 4 aromatic rings. The van der Waals surface area contributed by atoms with Gasteiger partial charge in [0.05, 0.1) is 10.6 Å². The molecular formula is C36H37ClFN3O4S. The van der Waals surface area contributed by atoms with Crippen molar-refractivity contribution in [2.24, 2.45) is 0 Å². The Hall–Kier alpha value is -4.21. The van der Waals surface area contributed by atoms with E-state index in [1.807, 2.05) is 37.3 Å². The van der Waals surface area contributed by atoms with Crippen LogP contribution in [0.5, 0.6) is 0 Å². The van der Waals surface area contributed by atoms with E-state index in [4.69, 9.17) is 11.6 Å². The van der Waals surface area contributed by atoms with Gasteiger partial charge in [0.1, 0.15) is 18.4 Å². The zero-order valence-corrected chi connectivity index (χ0v) is 27.2. The second kappa shape index (κ2) is 14.9. The minimum absolute atomic E-state index is 0.00604. The molecule has 5 rings (SSSR count). The highest BCUT2D eigenvalue weighted by molar-refractivity contribution is 7.92. The van der Waals surface area contributed by atoms with Gasteiger partial charge in [0, 0.05) is 24.0 Å². The van der Waals surface area contributed by atoms with Crippen molar-refractivity contribution in [2.75, 3.05) is 10.8 Å². The van der Waals surface area contributed by atoms with Crippen LogP contribution in [0.25, 0.3) is 0 Å². The van der Waals surface area contributed by atoms with Crippen LogP contribution >= 0.6 is 11.6 Å². The summed E-state index contributed by atoms with van der Waals surface area (Å²) < 4.78 is 43.1. The Morgan fingerprint density at radius 2 is 1.54 bits per heavy atom. The Morgan fingerprint density at radius 3 is 2.20 bits per heavy atom. The molecule has 0 aromatic heterocycles. The molecule has 240 valence electrons. The molecule has 1 aliphatic carbocycles. The third kappa shape index (κ3) is 8.33. The third-order valence-electron chi connectivity index (χ3n) is 8.22. The van der Waals surface area contributed by atoms with E-state index in [2.05, 4.69) is 5.32 Å². The van der Waals surface area contributed by atoms with Crippen molar-refractivity contribution in [2.45, 2.75) is 62.6 Å². The Kier molecular flexibility index (Phi) is 10.8. The van der Waals surface area contributed by atoms with Crippen LogP contribution in [-0.2, 0) is 32.6 Å². The summed E-state index contributed by atoms with van der Waals surface area (Å²) in [6.07, 6.45) is 3.97. The summed E-state index contributed by atoms with van der Waals surface area (Å²) in [6.45, 7) is 1.23. The summed E-state index contributed by atoms with van der Waals surface area (Å²) in [5.41, 5.74) is 2.52. The van der Waals surface area contributed by atoms with Gasteiger partial charge in [-0.2, -0.15) is 0 Å². The van der Waals surface area contributed by atoms with Crippen molar-refractivity contribution in [3.63, 3.8) is 0 Å². The van der Waals surface area contributed by atoms with Gasteiger partial charge in [0.25, 0.3) is 10.0 Å². The zero-order chi connectivity index (χ0) is 32.7. The maximum atomic E-state index is 14.5. The molecule has 10 heteroatoms. The van der Waals surface area contributed by atoms with Gasteiger partial charge in [-0.15, -0.1) is 0 Å². The van der Waals surface area contributed by atoms with Crippen molar-refractivity contribution in [3.05, 3.63) is 131 Å². The lowest BCUT2D eigenvalue weighted by molar-refractivity contribution is -0.140. The first kappa shape index (κ1) is 33.2. The number of nitrogens with one attached hydrogen (secondary N) is 1. The largest absolute Gasteiger partial charge is 0.352 e. The second-order valence-corrected chi connectivity index (χ2v) is 13.9. The van der Waals surface area contributed by atoms with Crippen LogP contribution in [-0.4, -0.2) is 43.8 Å². The average Bonchev–Trinajstić information content (AvgIpc) is 3.55. The van der Waals surface area contributed by atoms with Crippen molar-refractivity contribution in [1.82, 2.24) is 10.2 Å². The molecule has 0 aliphatic heterocycles. The number of hydrogen-bond donors (Lipinski definition) is 1. The molecule has 4 aromatic carbocycles. The van der Waals surface area contributed by atoms with Gasteiger partial charge in [0.2, 0.25) is 11.8 Å². The standard InChI is InChI=1S/C36H37ClFN3O4S/c1-26-14-20-33(21-15-26)46(44,45)41(32-18-16-30(38)17-19-32)25-35(42)40(24-28-10-7-11-29(37)22-28)34(23-27-8-3-2-4-9-27)36(43)39-31-12-5-6-13-31/h2-4,7-11,14-22,31,34H,5-6,12-13,23-25H2,1H3,(H,39,43). The molecule has 1 N–H and O–H groups in total. The number of anilines is 1. The topological polar surface area (TPSA) is 86.8 Å². The summed E-state index contributed by atoms with van der Waals surface area (Å²) in [6, 6.07) is 26.7. The summed E-state index contributed by atoms with van der Waals surface area (Å²) in [7, 11) is -4.27. The van der Waals surface area contributed by atoms with E-state index in [0.29, 0.717) is 10.6 Å². The Labute approximate surface area is 275 Å². The van der Waals surface area contributed by atoms with Crippen LogP contribution in [0, 0.1) is 12.7 Å². The zero-order valence-electron chi connectivity index (χ0n) is 25.6. The number of aryl methyl sites for hydroxylation is 1. The molecular weight excluding hydrogens is 625 g/mol. The second-order valence-electron chi connectivity index (χ2n) is 11.6. The molecule has 1 fully saturated rings. The van der Waals surface area contributed by atoms with Gasteiger partial charge in [0.15, 0.2) is 0 Å². The van der Waals surface area contributed by atoms with E-state index in [9.17, 15) is 22.4 Å². The lowest BCUT2D eigenvalue weighted by atomic mass is 10.0. The minimum Gasteiger partial charge on any atom is -0.352 e. The predicted molar refractivity (Wildman–Crippen MR) is 178 cm³/mol. The molecule has 0 radical (unpaired) electrons. The first-order valence-electron chi connectivity index (χ1n) is 15.3. The van der Waals surface area contributed by atoms with Crippen LogP contribution in [0.15, 0.2) is 108 Å². The van der Waals surface area contributed by atoms with Crippen LogP contribution in [0.1, 0.15) is 42.4 Å². The molecule has 0 heterocycles. The number of benzene rings is 4. The quantitative estimate of drug-likeness (QED) is 0.184. The normalized spacial score (nSPS) is 14.1. The van der Waals surface area contributed by atoms with E-state index in [1.54, 1.807) is 36.4 Å². The van der Waals surface area contributed by atoms with E-state index >= 15 is 0 Å². The number of amides is 2. The van der Waals surface area contributed by atoms with Gasteiger partial charge >= 0.3 is 0 Å². The van der Waals surface area contributed by atoms with E-state index < -0.39 is 34.3 Å². The number of halogens is 2. The number of carbonyl (C=O) groups excluding carboxylic acids is 2. The summed E-state index contributed by atoms with van der Waals surface area (Å²) in [5, 5.41) is 3.62. The van der Waals surface area contributed by atoms with Gasteiger partial charge in [-0.05, 0) is 79.4 Å². The molecule has 46 heavy (non-hydrogen) atoms. The minimum atomic E-state index is -4.27. The Balaban J connectivity index is 1.56. The van der Waals surface area contributed by atoms with E-state index in [-0.39, 0.29) is 35.5 Å². The SMILES string of the molecule is Cc1ccc(S(=O)(=O)N(CC(=O)N(Cc2cccc(Cl)c2)C(Cc2ccccc2)C(=O)NC2CCCC2)c2ccc(F)cc2)cc1. The van der Waals surface area contributed by atoms with Crippen LogP contribution in [0.2, 0.25) is 5.02 Å². The van der Waals surface area contributed by atoms with Gasteiger partial charge in [-0.1, -0.05) is 84.6 Å². The number of carbonyl (C=O) groups is 2. The highest BCUT2D eigenvalue weighted by Crippen LogP contribution is 2.26. The smallest absolute Gasteiger partial charge is 0.264 e. The number of nitrogens with zero attached hydrogens (tertiary/aromatic N) is 2.